The highest BCUT2D eigenvalue weighted by Crippen LogP contribution is 2.42. The number of benzene rings is 2. The first-order chi connectivity index (χ1) is 13.9. The van der Waals surface area contributed by atoms with Gasteiger partial charge in [-0.05, 0) is 55.8 Å². The van der Waals surface area contributed by atoms with Crippen LogP contribution < -0.4 is 14.4 Å². The maximum atomic E-state index is 12.9. The molecule has 1 amide bonds. The van der Waals surface area contributed by atoms with Crippen molar-refractivity contribution in [1.82, 2.24) is 0 Å². The summed E-state index contributed by atoms with van der Waals surface area (Å²) >= 11 is 0. The Morgan fingerprint density at radius 1 is 1.14 bits per heavy atom. The van der Waals surface area contributed by atoms with Gasteiger partial charge in [-0.2, -0.15) is 0 Å². The minimum atomic E-state index is -0.737. The molecule has 0 saturated heterocycles. The van der Waals surface area contributed by atoms with Crippen molar-refractivity contribution in [3.63, 3.8) is 0 Å². The van der Waals surface area contributed by atoms with E-state index >= 15 is 0 Å². The van der Waals surface area contributed by atoms with Gasteiger partial charge in [-0.25, -0.2) is 0 Å². The van der Waals surface area contributed by atoms with Gasteiger partial charge in [0.1, 0.15) is 11.5 Å². The molecule has 6 heteroatoms. The van der Waals surface area contributed by atoms with Gasteiger partial charge in [0, 0.05) is 12.1 Å². The molecule has 1 N–H and O–H groups in total. The van der Waals surface area contributed by atoms with E-state index in [2.05, 4.69) is 0 Å². The van der Waals surface area contributed by atoms with Crippen LogP contribution in [0.3, 0.4) is 0 Å². The average Bonchev–Trinajstić information content (AvgIpc) is 2.98. The van der Waals surface area contributed by atoms with E-state index in [0.29, 0.717) is 22.7 Å². The molecule has 0 spiro atoms. The molecule has 1 heterocycles. The number of carbonyl (C=O) groups excluding carboxylic acids is 2. The average molecular weight is 395 g/mol. The van der Waals surface area contributed by atoms with Crippen LogP contribution in [0.2, 0.25) is 0 Å². The number of hydrogen-bond acceptors (Lipinski definition) is 5. The van der Waals surface area contributed by atoms with Crippen molar-refractivity contribution < 1.29 is 24.2 Å². The topological polar surface area (TPSA) is 76.1 Å². The van der Waals surface area contributed by atoms with Crippen molar-refractivity contribution in [2.75, 3.05) is 12.0 Å². The van der Waals surface area contributed by atoms with Gasteiger partial charge in [0.25, 0.3) is 5.91 Å². The number of nitrogens with zero attached hydrogens (tertiary/aromatic N) is 1. The molecule has 152 valence electrons. The first-order valence-corrected chi connectivity index (χ1v) is 9.57. The van der Waals surface area contributed by atoms with Crippen LogP contribution in [0.1, 0.15) is 38.8 Å². The maximum Gasteiger partial charge on any atom is 0.294 e. The number of ether oxygens (including phenoxy) is 2. The predicted molar refractivity (Wildman–Crippen MR) is 110 cm³/mol. The van der Waals surface area contributed by atoms with Gasteiger partial charge in [0.2, 0.25) is 0 Å². The van der Waals surface area contributed by atoms with Crippen LogP contribution in [0.5, 0.6) is 11.5 Å². The third-order valence-corrected chi connectivity index (χ3v) is 4.73. The molecule has 1 atom stereocenters. The Morgan fingerprint density at radius 2 is 1.83 bits per heavy atom. The fourth-order valence-electron chi connectivity index (χ4n) is 3.44. The Balaban J connectivity index is 2.12. The van der Waals surface area contributed by atoms with E-state index < -0.39 is 17.7 Å². The lowest BCUT2D eigenvalue weighted by Crippen LogP contribution is -2.31. The fourth-order valence-corrected chi connectivity index (χ4v) is 3.44. The molecule has 0 saturated carbocycles. The van der Waals surface area contributed by atoms with Gasteiger partial charge in [-0.1, -0.05) is 19.1 Å². The minimum Gasteiger partial charge on any atom is -0.503 e. The number of carbonyl (C=O) groups is 2. The van der Waals surface area contributed by atoms with Crippen LogP contribution in [0.4, 0.5) is 5.69 Å². The fraction of sp³-hybridized carbons (Fsp3) is 0.304. The summed E-state index contributed by atoms with van der Waals surface area (Å²) in [6.07, 6.45) is 0.163. The number of aliphatic hydroxyl groups is 1. The molecule has 0 radical (unpaired) electrons. The molecule has 1 aliphatic rings. The second-order valence-corrected chi connectivity index (χ2v) is 7.05. The molecule has 0 aliphatic carbocycles. The van der Waals surface area contributed by atoms with Gasteiger partial charge in [0.15, 0.2) is 11.5 Å². The van der Waals surface area contributed by atoms with Crippen LogP contribution in [-0.4, -0.2) is 30.0 Å². The van der Waals surface area contributed by atoms with Gasteiger partial charge < -0.3 is 14.6 Å². The Bertz CT molecular complexity index is 946. The largest absolute Gasteiger partial charge is 0.503 e. The molecule has 29 heavy (non-hydrogen) atoms. The number of anilines is 1. The number of hydrogen-bond donors (Lipinski definition) is 1. The molecule has 3 rings (SSSR count). The van der Waals surface area contributed by atoms with Crippen LogP contribution in [0.15, 0.2) is 59.9 Å². The van der Waals surface area contributed by atoms with Crippen molar-refractivity contribution in [2.24, 2.45) is 0 Å². The molecule has 0 aromatic heterocycles. The van der Waals surface area contributed by atoms with E-state index in [4.69, 9.17) is 9.47 Å². The number of methoxy groups -OCH3 is 1. The second kappa shape index (κ2) is 8.39. The predicted octanol–water partition coefficient (Wildman–Crippen LogP) is 4.36. The van der Waals surface area contributed by atoms with E-state index in [-0.39, 0.29) is 23.9 Å². The summed E-state index contributed by atoms with van der Waals surface area (Å²) in [5.74, 6) is -0.104. The number of Topliss-reactive ketones (excluding diaryl/α,β-unsaturated/α-hetero) is 1. The zero-order chi connectivity index (χ0) is 21.1. The standard InChI is InChI=1S/C23H25NO5/c1-5-19(25)20-21(15-7-6-8-18(13-15)29-14(2)3)24(23(27)22(20)26)16-9-11-17(28-4)12-10-16/h6-14,21,26H,5H2,1-4H3. The van der Waals surface area contributed by atoms with Gasteiger partial charge in [0.05, 0.1) is 24.8 Å². The van der Waals surface area contributed by atoms with E-state index in [1.165, 1.54) is 4.90 Å². The van der Waals surface area contributed by atoms with E-state index in [9.17, 15) is 14.7 Å². The number of ketones is 1. The highest BCUT2D eigenvalue weighted by Gasteiger charge is 2.43. The highest BCUT2D eigenvalue weighted by molar-refractivity contribution is 6.16. The number of amides is 1. The Labute approximate surface area is 170 Å². The lowest BCUT2D eigenvalue weighted by Gasteiger charge is -2.27. The summed E-state index contributed by atoms with van der Waals surface area (Å²) in [4.78, 5) is 27.0. The second-order valence-electron chi connectivity index (χ2n) is 7.05. The van der Waals surface area contributed by atoms with E-state index in [1.807, 2.05) is 32.0 Å². The summed E-state index contributed by atoms with van der Waals surface area (Å²) in [7, 11) is 1.56. The van der Waals surface area contributed by atoms with Gasteiger partial charge in [-0.15, -0.1) is 0 Å². The molecule has 0 bridgehead atoms. The lowest BCUT2D eigenvalue weighted by molar-refractivity contribution is -0.118. The van der Waals surface area contributed by atoms with Gasteiger partial charge in [-0.3, -0.25) is 14.5 Å². The summed E-state index contributed by atoms with van der Waals surface area (Å²) in [5, 5.41) is 10.5. The van der Waals surface area contributed by atoms with Crippen LogP contribution in [0.25, 0.3) is 0 Å². The van der Waals surface area contributed by atoms with Crippen molar-refractivity contribution >= 4 is 17.4 Å². The molecular formula is C23H25NO5. The minimum absolute atomic E-state index is 0.0196. The van der Waals surface area contributed by atoms with Crippen molar-refractivity contribution in [3.05, 3.63) is 65.4 Å². The highest BCUT2D eigenvalue weighted by atomic mass is 16.5. The maximum absolute atomic E-state index is 12.9. The normalized spacial score (nSPS) is 16.5. The lowest BCUT2D eigenvalue weighted by atomic mass is 9.94. The Kier molecular flexibility index (Phi) is 5.92. The molecule has 6 nitrogen and oxygen atoms in total. The van der Waals surface area contributed by atoms with Crippen molar-refractivity contribution in [1.29, 1.82) is 0 Å². The third kappa shape index (κ3) is 3.97. The SMILES string of the molecule is CCC(=O)C1=C(O)C(=O)N(c2ccc(OC)cc2)C1c1cccc(OC(C)C)c1. The third-order valence-electron chi connectivity index (χ3n) is 4.73. The molecule has 2 aromatic rings. The summed E-state index contributed by atoms with van der Waals surface area (Å²) < 4.78 is 11.0. The Morgan fingerprint density at radius 3 is 2.41 bits per heavy atom. The van der Waals surface area contributed by atoms with Gasteiger partial charge >= 0.3 is 0 Å². The zero-order valence-electron chi connectivity index (χ0n) is 17.0. The Hall–Kier alpha value is -3.28. The molecule has 1 unspecified atom stereocenters. The van der Waals surface area contributed by atoms with Crippen LogP contribution in [-0.2, 0) is 9.59 Å². The monoisotopic (exact) mass is 395 g/mol. The summed E-state index contributed by atoms with van der Waals surface area (Å²) in [5.41, 5.74) is 1.35. The first-order valence-electron chi connectivity index (χ1n) is 9.57. The molecule has 0 fully saturated rings. The van der Waals surface area contributed by atoms with Crippen molar-refractivity contribution in [2.45, 2.75) is 39.3 Å². The van der Waals surface area contributed by atoms with Crippen LogP contribution in [0, 0.1) is 0 Å². The molecule has 1 aliphatic heterocycles. The first kappa shape index (κ1) is 20.5. The van der Waals surface area contributed by atoms with E-state index in [0.717, 1.165) is 0 Å². The smallest absolute Gasteiger partial charge is 0.294 e. The molecule has 2 aromatic carbocycles. The van der Waals surface area contributed by atoms with Crippen LogP contribution >= 0.6 is 0 Å². The quantitative estimate of drug-likeness (QED) is 0.754. The summed E-state index contributed by atoms with van der Waals surface area (Å²) in [6, 6.07) is 13.4. The number of rotatable bonds is 7. The zero-order valence-corrected chi connectivity index (χ0v) is 17.0. The molecular weight excluding hydrogens is 370 g/mol. The van der Waals surface area contributed by atoms with Crippen molar-refractivity contribution in [3.8, 4) is 11.5 Å². The number of aliphatic hydroxyl groups excluding tert-OH is 1. The summed E-state index contributed by atoms with van der Waals surface area (Å²) in [6.45, 7) is 5.55. The van der Waals surface area contributed by atoms with E-state index in [1.54, 1.807) is 44.4 Å².